The molecule has 0 unspecified atom stereocenters. The lowest BCUT2D eigenvalue weighted by Gasteiger charge is -2.06. The van der Waals surface area contributed by atoms with E-state index in [9.17, 15) is 0 Å². The summed E-state index contributed by atoms with van der Waals surface area (Å²) in [4.78, 5) is 4.32. The van der Waals surface area contributed by atoms with Gasteiger partial charge in [-0.2, -0.15) is 5.10 Å². The van der Waals surface area contributed by atoms with Crippen LogP contribution in [0.25, 0.3) is 5.69 Å². The minimum absolute atomic E-state index is 0.755. The van der Waals surface area contributed by atoms with Gasteiger partial charge in [0, 0.05) is 12.6 Å². The van der Waals surface area contributed by atoms with Gasteiger partial charge in [-0.1, -0.05) is 12.1 Å². The van der Waals surface area contributed by atoms with Crippen molar-refractivity contribution in [2.24, 2.45) is 0 Å². The molecule has 0 spiro atoms. The van der Waals surface area contributed by atoms with Crippen molar-refractivity contribution in [2.45, 2.75) is 39.3 Å². The Balaban J connectivity index is 1.75. The fourth-order valence-electron chi connectivity index (χ4n) is 2.07. The van der Waals surface area contributed by atoms with Gasteiger partial charge in [0.05, 0.1) is 5.69 Å². The molecule has 3 rings (SSSR count). The molecule has 4 nitrogen and oxygen atoms in total. The molecule has 2 aromatic rings. The molecule has 0 bridgehead atoms. The zero-order chi connectivity index (χ0) is 12.5. The smallest absolute Gasteiger partial charge is 0.148 e. The molecule has 1 saturated carbocycles. The Morgan fingerprint density at radius 1 is 1.22 bits per heavy atom. The van der Waals surface area contributed by atoms with Crippen molar-refractivity contribution < 1.29 is 0 Å². The normalized spacial score (nSPS) is 15.0. The number of hydrogen-bond donors (Lipinski definition) is 1. The third kappa shape index (κ3) is 2.43. The predicted octanol–water partition coefficient (Wildman–Crippen LogP) is 2.14. The highest BCUT2D eigenvalue weighted by Gasteiger charge is 2.19. The van der Waals surface area contributed by atoms with Crippen LogP contribution in [-0.2, 0) is 6.54 Å². The van der Waals surface area contributed by atoms with Gasteiger partial charge in [-0.3, -0.25) is 0 Å². The second-order valence-electron chi connectivity index (χ2n) is 4.94. The average molecular weight is 242 g/mol. The first-order chi connectivity index (χ1) is 8.72. The van der Waals surface area contributed by atoms with Crippen LogP contribution >= 0.6 is 0 Å². The second kappa shape index (κ2) is 4.53. The van der Waals surface area contributed by atoms with Gasteiger partial charge in [0.1, 0.15) is 11.6 Å². The van der Waals surface area contributed by atoms with Crippen LogP contribution in [0.4, 0.5) is 0 Å². The van der Waals surface area contributed by atoms with E-state index in [-0.39, 0.29) is 0 Å². The molecule has 0 atom stereocenters. The lowest BCUT2D eigenvalue weighted by molar-refractivity contribution is 0.687. The Morgan fingerprint density at radius 3 is 2.50 bits per heavy atom. The number of hydrogen-bond acceptors (Lipinski definition) is 3. The molecule has 0 saturated heterocycles. The summed E-state index contributed by atoms with van der Waals surface area (Å²) in [6.07, 6.45) is 2.66. The summed E-state index contributed by atoms with van der Waals surface area (Å²) in [5.41, 5.74) is 2.39. The SMILES string of the molecule is Cc1nc(C)n(-c2ccc(CNC3CC3)cc2)n1. The first kappa shape index (κ1) is 11.4. The summed E-state index contributed by atoms with van der Waals surface area (Å²) in [7, 11) is 0. The number of nitrogens with one attached hydrogen (secondary N) is 1. The van der Waals surface area contributed by atoms with Crippen molar-refractivity contribution in [3.05, 3.63) is 41.5 Å². The summed E-state index contributed by atoms with van der Waals surface area (Å²) in [6, 6.07) is 9.27. The van der Waals surface area contributed by atoms with Crippen LogP contribution < -0.4 is 5.32 Å². The Morgan fingerprint density at radius 2 is 1.94 bits per heavy atom. The second-order valence-corrected chi connectivity index (χ2v) is 4.94. The quantitative estimate of drug-likeness (QED) is 0.893. The van der Waals surface area contributed by atoms with Gasteiger partial charge in [-0.05, 0) is 44.4 Å². The van der Waals surface area contributed by atoms with Crippen LogP contribution in [0.15, 0.2) is 24.3 Å². The lowest BCUT2D eigenvalue weighted by Crippen LogP contribution is -2.15. The molecule has 1 N–H and O–H groups in total. The molecule has 1 fully saturated rings. The van der Waals surface area contributed by atoms with E-state index in [4.69, 9.17) is 0 Å². The zero-order valence-electron chi connectivity index (χ0n) is 10.8. The fourth-order valence-corrected chi connectivity index (χ4v) is 2.07. The highest BCUT2D eigenvalue weighted by molar-refractivity contribution is 5.34. The third-order valence-corrected chi connectivity index (χ3v) is 3.23. The van der Waals surface area contributed by atoms with E-state index in [1.54, 1.807) is 0 Å². The third-order valence-electron chi connectivity index (χ3n) is 3.23. The monoisotopic (exact) mass is 242 g/mol. The number of aryl methyl sites for hydroxylation is 2. The van der Waals surface area contributed by atoms with E-state index in [2.05, 4.69) is 39.7 Å². The van der Waals surface area contributed by atoms with Crippen molar-refractivity contribution in [1.82, 2.24) is 20.1 Å². The number of rotatable bonds is 4. The van der Waals surface area contributed by atoms with Gasteiger partial charge in [0.25, 0.3) is 0 Å². The maximum absolute atomic E-state index is 4.38. The molecule has 0 amide bonds. The van der Waals surface area contributed by atoms with Crippen molar-refractivity contribution >= 4 is 0 Å². The van der Waals surface area contributed by atoms with Crippen LogP contribution in [0.2, 0.25) is 0 Å². The van der Waals surface area contributed by atoms with E-state index in [0.717, 1.165) is 29.9 Å². The van der Waals surface area contributed by atoms with Crippen molar-refractivity contribution in [2.75, 3.05) is 0 Å². The van der Waals surface area contributed by atoms with Crippen molar-refractivity contribution in [3.63, 3.8) is 0 Å². The van der Waals surface area contributed by atoms with Gasteiger partial charge < -0.3 is 5.32 Å². The van der Waals surface area contributed by atoms with Crippen LogP contribution in [0.3, 0.4) is 0 Å². The van der Waals surface area contributed by atoms with Crippen LogP contribution in [0.5, 0.6) is 0 Å². The molecule has 18 heavy (non-hydrogen) atoms. The fraction of sp³-hybridized carbons (Fsp3) is 0.429. The van der Waals surface area contributed by atoms with Crippen LogP contribution in [0, 0.1) is 13.8 Å². The predicted molar refractivity (Wildman–Crippen MR) is 70.7 cm³/mol. The topological polar surface area (TPSA) is 42.7 Å². The van der Waals surface area contributed by atoms with Gasteiger partial charge in [0.15, 0.2) is 0 Å². The Kier molecular flexibility index (Phi) is 2.88. The number of nitrogens with zero attached hydrogens (tertiary/aromatic N) is 3. The minimum Gasteiger partial charge on any atom is -0.310 e. The van der Waals surface area contributed by atoms with Gasteiger partial charge in [-0.15, -0.1) is 0 Å². The summed E-state index contributed by atoms with van der Waals surface area (Å²) in [5, 5.41) is 7.90. The molecule has 1 aromatic heterocycles. The molecular weight excluding hydrogens is 224 g/mol. The van der Waals surface area contributed by atoms with E-state index >= 15 is 0 Å². The van der Waals surface area contributed by atoms with Crippen molar-refractivity contribution in [1.29, 1.82) is 0 Å². The Hall–Kier alpha value is -1.68. The maximum Gasteiger partial charge on any atom is 0.148 e. The molecule has 0 radical (unpaired) electrons. The summed E-state index contributed by atoms with van der Waals surface area (Å²) in [5.74, 6) is 1.74. The highest BCUT2D eigenvalue weighted by atomic mass is 15.3. The average Bonchev–Trinajstić information content (AvgIpc) is 3.13. The van der Waals surface area contributed by atoms with Crippen LogP contribution in [-0.4, -0.2) is 20.8 Å². The molecule has 4 heteroatoms. The summed E-state index contributed by atoms with van der Waals surface area (Å²) < 4.78 is 1.88. The largest absolute Gasteiger partial charge is 0.310 e. The molecule has 0 aliphatic heterocycles. The first-order valence-corrected chi connectivity index (χ1v) is 6.45. The zero-order valence-corrected chi connectivity index (χ0v) is 10.8. The first-order valence-electron chi connectivity index (χ1n) is 6.45. The standard InChI is InChI=1S/C14H18N4/c1-10-16-11(2)18(17-10)14-7-3-12(4-8-14)9-15-13-5-6-13/h3-4,7-8,13,15H,5-6,9H2,1-2H3. The van der Waals surface area contributed by atoms with Gasteiger partial charge in [0.2, 0.25) is 0 Å². The van der Waals surface area contributed by atoms with Crippen LogP contribution in [0.1, 0.15) is 30.1 Å². The van der Waals surface area contributed by atoms with E-state index in [1.165, 1.54) is 18.4 Å². The van der Waals surface area contributed by atoms with E-state index in [0.29, 0.717) is 0 Å². The molecule has 94 valence electrons. The van der Waals surface area contributed by atoms with E-state index < -0.39 is 0 Å². The van der Waals surface area contributed by atoms with Gasteiger partial charge >= 0.3 is 0 Å². The summed E-state index contributed by atoms with van der Waals surface area (Å²) >= 11 is 0. The van der Waals surface area contributed by atoms with Crippen molar-refractivity contribution in [3.8, 4) is 5.69 Å². The Bertz CT molecular complexity index is 537. The van der Waals surface area contributed by atoms with Gasteiger partial charge in [-0.25, -0.2) is 9.67 Å². The molecule has 1 aromatic carbocycles. The number of aromatic nitrogens is 3. The molecule has 1 heterocycles. The maximum atomic E-state index is 4.38. The molecular formula is C14H18N4. The highest BCUT2D eigenvalue weighted by Crippen LogP contribution is 2.19. The van der Waals surface area contributed by atoms with E-state index in [1.807, 2.05) is 18.5 Å². The Labute approximate surface area is 107 Å². The summed E-state index contributed by atoms with van der Waals surface area (Å²) in [6.45, 7) is 4.85. The lowest BCUT2D eigenvalue weighted by atomic mass is 10.2. The molecule has 1 aliphatic carbocycles. The number of benzene rings is 1. The molecule has 1 aliphatic rings. The minimum atomic E-state index is 0.755.